The Morgan fingerprint density at radius 3 is 2.89 bits per heavy atom. The zero-order valence-electron chi connectivity index (χ0n) is 11.7. The first-order chi connectivity index (χ1) is 9.13. The van der Waals surface area contributed by atoms with Crippen molar-refractivity contribution >= 4 is 0 Å². The minimum absolute atomic E-state index is 0.0322. The molecule has 1 N–H and O–H groups in total. The average molecular weight is 265 g/mol. The van der Waals surface area contributed by atoms with Crippen LogP contribution in [0.1, 0.15) is 24.5 Å². The summed E-state index contributed by atoms with van der Waals surface area (Å²) in [6.45, 7) is 5.35. The molecule has 1 unspecified atom stereocenters. The molecular weight excluding hydrogens is 246 g/mol. The normalized spacial score (nSPS) is 12.8. The van der Waals surface area contributed by atoms with Crippen molar-refractivity contribution in [2.45, 2.75) is 19.9 Å². The molecule has 0 aromatic carbocycles. The molecule has 0 bridgehead atoms. The molecule has 0 aliphatic carbocycles. The highest BCUT2D eigenvalue weighted by Crippen LogP contribution is 2.15. The molecule has 1 atom stereocenters. The molecule has 19 heavy (non-hydrogen) atoms. The van der Waals surface area contributed by atoms with Gasteiger partial charge in [0.05, 0.1) is 24.5 Å². The summed E-state index contributed by atoms with van der Waals surface area (Å²) in [5, 5.41) is 19.5. The van der Waals surface area contributed by atoms with Gasteiger partial charge in [0.25, 0.3) is 0 Å². The molecule has 0 radical (unpaired) electrons. The molecule has 0 amide bonds. The van der Waals surface area contributed by atoms with Crippen LogP contribution < -0.4 is 5.32 Å². The van der Waals surface area contributed by atoms with Crippen molar-refractivity contribution in [3.8, 4) is 5.69 Å². The standard InChI is InChI=1S/C11H19N7O/c1-8-10(7-17(3)14-8)18-11(13-15-16-18)9(2)12-5-6-19-4/h7,9,12H,5-6H2,1-4H3. The van der Waals surface area contributed by atoms with Crippen molar-refractivity contribution in [3.63, 3.8) is 0 Å². The van der Waals surface area contributed by atoms with E-state index < -0.39 is 0 Å². The summed E-state index contributed by atoms with van der Waals surface area (Å²) < 4.78 is 8.48. The number of hydrogen-bond acceptors (Lipinski definition) is 6. The minimum Gasteiger partial charge on any atom is -0.383 e. The second-order valence-corrected chi connectivity index (χ2v) is 4.39. The quantitative estimate of drug-likeness (QED) is 0.740. The number of rotatable bonds is 6. The third-order valence-corrected chi connectivity index (χ3v) is 2.85. The van der Waals surface area contributed by atoms with E-state index in [-0.39, 0.29) is 6.04 Å². The van der Waals surface area contributed by atoms with Crippen molar-refractivity contribution in [3.05, 3.63) is 17.7 Å². The molecule has 2 heterocycles. The van der Waals surface area contributed by atoms with Crippen LogP contribution in [0.25, 0.3) is 5.69 Å². The van der Waals surface area contributed by atoms with Gasteiger partial charge in [-0.05, 0) is 24.3 Å². The molecule has 0 saturated carbocycles. The molecule has 2 aromatic rings. The lowest BCUT2D eigenvalue weighted by atomic mass is 10.3. The topological polar surface area (TPSA) is 82.7 Å². The van der Waals surface area contributed by atoms with Crippen molar-refractivity contribution < 1.29 is 4.74 Å². The zero-order chi connectivity index (χ0) is 13.8. The van der Waals surface area contributed by atoms with Crippen molar-refractivity contribution in [1.29, 1.82) is 0 Å². The summed E-state index contributed by atoms with van der Waals surface area (Å²) in [5.74, 6) is 0.757. The van der Waals surface area contributed by atoms with Gasteiger partial charge in [0.15, 0.2) is 5.82 Å². The largest absolute Gasteiger partial charge is 0.383 e. The molecule has 0 aliphatic heterocycles. The van der Waals surface area contributed by atoms with Crippen molar-refractivity contribution in [2.75, 3.05) is 20.3 Å². The van der Waals surface area contributed by atoms with Gasteiger partial charge in [-0.1, -0.05) is 0 Å². The molecule has 0 saturated heterocycles. The number of ether oxygens (including phenoxy) is 1. The number of nitrogens with zero attached hydrogens (tertiary/aromatic N) is 6. The van der Waals surface area contributed by atoms with Gasteiger partial charge in [-0.25, -0.2) is 0 Å². The number of nitrogens with one attached hydrogen (secondary N) is 1. The number of aryl methyl sites for hydroxylation is 2. The van der Waals surface area contributed by atoms with Crippen molar-refractivity contribution in [2.24, 2.45) is 7.05 Å². The van der Waals surface area contributed by atoms with Gasteiger partial charge >= 0.3 is 0 Å². The average Bonchev–Trinajstić information content (AvgIpc) is 2.95. The molecule has 104 valence electrons. The van der Waals surface area contributed by atoms with E-state index in [4.69, 9.17) is 4.74 Å². The lowest BCUT2D eigenvalue weighted by Gasteiger charge is -2.12. The maximum absolute atomic E-state index is 5.01. The summed E-state index contributed by atoms with van der Waals surface area (Å²) in [6.07, 6.45) is 1.90. The van der Waals surface area contributed by atoms with E-state index in [1.807, 2.05) is 27.1 Å². The highest BCUT2D eigenvalue weighted by Gasteiger charge is 2.17. The van der Waals surface area contributed by atoms with Crippen LogP contribution in [0.5, 0.6) is 0 Å². The van der Waals surface area contributed by atoms with E-state index in [1.54, 1.807) is 16.5 Å². The van der Waals surface area contributed by atoms with Gasteiger partial charge in [-0.15, -0.1) is 5.10 Å². The Balaban J connectivity index is 2.20. The van der Waals surface area contributed by atoms with Crippen LogP contribution in [-0.2, 0) is 11.8 Å². The highest BCUT2D eigenvalue weighted by atomic mass is 16.5. The molecule has 2 rings (SSSR count). The fraction of sp³-hybridized carbons (Fsp3) is 0.636. The third-order valence-electron chi connectivity index (χ3n) is 2.85. The lowest BCUT2D eigenvalue weighted by Crippen LogP contribution is -2.25. The SMILES string of the molecule is COCCNC(C)c1nnnn1-c1cn(C)nc1C. The fourth-order valence-electron chi connectivity index (χ4n) is 1.90. The van der Waals surface area contributed by atoms with Crippen LogP contribution in [0.15, 0.2) is 6.20 Å². The van der Waals surface area contributed by atoms with Gasteiger partial charge in [0.2, 0.25) is 0 Å². The summed E-state index contributed by atoms with van der Waals surface area (Å²) >= 11 is 0. The zero-order valence-corrected chi connectivity index (χ0v) is 11.7. The Labute approximate surface area is 111 Å². The molecule has 2 aromatic heterocycles. The summed E-state index contributed by atoms with van der Waals surface area (Å²) in [7, 11) is 3.55. The smallest absolute Gasteiger partial charge is 0.173 e. The Morgan fingerprint density at radius 2 is 2.26 bits per heavy atom. The third kappa shape index (κ3) is 2.96. The molecule has 8 nitrogen and oxygen atoms in total. The second kappa shape index (κ2) is 5.89. The van der Waals surface area contributed by atoms with E-state index in [0.29, 0.717) is 6.61 Å². The van der Waals surface area contributed by atoms with Crippen LogP contribution >= 0.6 is 0 Å². The first-order valence-electron chi connectivity index (χ1n) is 6.14. The van der Waals surface area contributed by atoms with E-state index in [1.165, 1.54) is 0 Å². The maximum Gasteiger partial charge on any atom is 0.173 e. The van der Waals surface area contributed by atoms with E-state index in [2.05, 4.69) is 25.9 Å². The predicted molar refractivity (Wildman–Crippen MR) is 69.0 cm³/mol. The highest BCUT2D eigenvalue weighted by molar-refractivity contribution is 5.33. The van der Waals surface area contributed by atoms with Gasteiger partial charge in [-0.3, -0.25) is 4.68 Å². The van der Waals surface area contributed by atoms with E-state index in [0.717, 1.165) is 23.8 Å². The first-order valence-corrected chi connectivity index (χ1v) is 6.14. The van der Waals surface area contributed by atoms with Crippen LogP contribution in [-0.4, -0.2) is 50.2 Å². The van der Waals surface area contributed by atoms with Crippen LogP contribution in [0.2, 0.25) is 0 Å². The van der Waals surface area contributed by atoms with E-state index in [9.17, 15) is 0 Å². The van der Waals surface area contributed by atoms with Gasteiger partial charge < -0.3 is 10.1 Å². The Hall–Kier alpha value is -1.80. The molecule has 0 spiro atoms. The summed E-state index contributed by atoms with van der Waals surface area (Å²) in [6, 6.07) is 0.0322. The monoisotopic (exact) mass is 265 g/mol. The first kappa shape index (κ1) is 13.6. The van der Waals surface area contributed by atoms with Gasteiger partial charge in [-0.2, -0.15) is 9.78 Å². The number of aromatic nitrogens is 6. The van der Waals surface area contributed by atoms with Crippen molar-refractivity contribution in [1.82, 2.24) is 35.3 Å². The number of tetrazole rings is 1. The number of hydrogen-bond donors (Lipinski definition) is 1. The van der Waals surface area contributed by atoms with Crippen LogP contribution in [0.3, 0.4) is 0 Å². The Morgan fingerprint density at radius 1 is 1.47 bits per heavy atom. The molecule has 8 heteroatoms. The van der Waals surface area contributed by atoms with Crippen LogP contribution in [0.4, 0.5) is 0 Å². The number of methoxy groups -OCH3 is 1. The molecule has 0 aliphatic rings. The maximum atomic E-state index is 5.01. The van der Waals surface area contributed by atoms with Gasteiger partial charge in [0.1, 0.15) is 5.69 Å². The Kier molecular flexibility index (Phi) is 4.23. The van der Waals surface area contributed by atoms with E-state index >= 15 is 0 Å². The predicted octanol–water partition coefficient (Wildman–Crippen LogP) is 0.00122. The van der Waals surface area contributed by atoms with Gasteiger partial charge in [0, 0.05) is 20.7 Å². The molecular formula is C11H19N7O. The Bertz CT molecular complexity index is 533. The minimum atomic E-state index is 0.0322. The second-order valence-electron chi connectivity index (χ2n) is 4.39. The molecule has 0 fully saturated rings. The fourth-order valence-corrected chi connectivity index (χ4v) is 1.90. The summed E-state index contributed by atoms with van der Waals surface area (Å²) in [4.78, 5) is 0. The summed E-state index contributed by atoms with van der Waals surface area (Å²) in [5.41, 5.74) is 1.78. The van der Waals surface area contributed by atoms with Crippen LogP contribution in [0, 0.1) is 6.92 Å². The lowest BCUT2D eigenvalue weighted by molar-refractivity contribution is 0.196.